The zero-order chi connectivity index (χ0) is 15.5. The van der Waals surface area contributed by atoms with Gasteiger partial charge in [0.25, 0.3) is 0 Å². The molecule has 3 rings (SSSR count). The summed E-state index contributed by atoms with van der Waals surface area (Å²) in [6.45, 7) is 0. The van der Waals surface area contributed by atoms with Crippen molar-refractivity contribution < 1.29 is 19.1 Å². The fourth-order valence-corrected chi connectivity index (χ4v) is 2.56. The van der Waals surface area contributed by atoms with Gasteiger partial charge in [0.05, 0.1) is 12.7 Å². The minimum atomic E-state index is -0.486. The lowest BCUT2D eigenvalue weighted by molar-refractivity contribution is -0.129. The molecule has 0 fully saturated rings. The largest absolute Gasteiger partial charge is 0.465 e. The van der Waals surface area contributed by atoms with E-state index in [0.717, 1.165) is 4.88 Å². The Morgan fingerprint density at radius 3 is 2.68 bits per heavy atom. The van der Waals surface area contributed by atoms with Gasteiger partial charge < -0.3 is 9.47 Å². The van der Waals surface area contributed by atoms with Gasteiger partial charge in [0.1, 0.15) is 0 Å². The SMILES string of the molecule is COC(=O)c1ccc(C2=NC(=Cc3cccs3)C(=O)O2)cc1. The maximum absolute atomic E-state index is 11.8. The summed E-state index contributed by atoms with van der Waals surface area (Å²) in [5, 5.41) is 1.92. The fraction of sp³-hybridized carbons (Fsp3) is 0.0625. The van der Waals surface area contributed by atoms with Gasteiger partial charge in [-0.1, -0.05) is 6.07 Å². The van der Waals surface area contributed by atoms with Crippen molar-refractivity contribution in [1.82, 2.24) is 0 Å². The van der Waals surface area contributed by atoms with Gasteiger partial charge in [-0.2, -0.15) is 0 Å². The third-order valence-corrected chi connectivity index (χ3v) is 3.81. The van der Waals surface area contributed by atoms with Crippen LogP contribution < -0.4 is 0 Å². The molecule has 0 N–H and O–H groups in total. The second-order valence-corrected chi connectivity index (χ2v) is 5.40. The van der Waals surface area contributed by atoms with E-state index in [0.29, 0.717) is 11.1 Å². The molecule has 1 aromatic heterocycles. The van der Waals surface area contributed by atoms with Gasteiger partial charge in [0, 0.05) is 10.4 Å². The molecule has 0 aliphatic carbocycles. The number of hydrogen-bond acceptors (Lipinski definition) is 6. The van der Waals surface area contributed by atoms with Crippen molar-refractivity contribution in [2.75, 3.05) is 7.11 Å². The second-order valence-electron chi connectivity index (χ2n) is 4.42. The van der Waals surface area contributed by atoms with Crippen LogP contribution in [0.25, 0.3) is 6.08 Å². The standard InChI is InChI=1S/C16H11NO4S/c1-20-15(18)11-6-4-10(5-7-11)14-17-13(16(19)21-14)9-12-3-2-8-22-12/h2-9H,1H3. The van der Waals surface area contributed by atoms with E-state index in [1.807, 2.05) is 17.5 Å². The molecule has 110 valence electrons. The van der Waals surface area contributed by atoms with Crippen LogP contribution in [0.5, 0.6) is 0 Å². The number of carbonyl (C=O) groups excluding carboxylic acids is 2. The van der Waals surface area contributed by atoms with Crippen molar-refractivity contribution in [3.05, 3.63) is 63.5 Å². The Hall–Kier alpha value is -2.73. The number of ether oxygens (including phenoxy) is 2. The average molecular weight is 313 g/mol. The molecule has 1 aliphatic heterocycles. The number of nitrogens with zero attached hydrogens (tertiary/aromatic N) is 1. The van der Waals surface area contributed by atoms with Crippen LogP contribution >= 0.6 is 11.3 Å². The molecule has 6 heteroatoms. The summed E-state index contributed by atoms with van der Waals surface area (Å²) >= 11 is 1.51. The van der Waals surface area contributed by atoms with Gasteiger partial charge in [-0.3, -0.25) is 0 Å². The minimum absolute atomic E-state index is 0.226. The number of carbonyl (C=O) groups is 2. The molecule has 1 aromatic carbocycles. The number of methoxy groups -OCH3 is 1. The molecule has 0 saturated carbocycles. The van der Waals surface area contributed by atoms with Gasteiger partial charge in [-0.25, -0.2) is 14.6 Å². The van der Waals surface area contributed by atoms with E-state index in [9.17, 15) is 9.59 Å². The Labute approximate surface area is 130 Å². The highest BCUT2D eigenvalue weighted by molar-refractivity contribution is 7.10. The number of hydrogen-bond donors (Lipinski definition) is 0. The molecular formula is C16H11NO4S. The van der Waals surface area contributed by atoms with Crippen molar-refractivity contribution in [1.29, 1.82) is 0 Å². The summed E-state index contributed by atoms with van der Waals surface area (Å²) in [7, 11) is 1.32. The molecule has 0 saturated heterocycles. The zero-order valence-corrected chi connectivity index (χ0v) is 12.4. The highest BCUT2D eigenvalue weighted by Crippen LogP contribution is 2.21. The van der Waals surface area contributed by atoms with Crippen LogP contribution in [0, 0.1) is 0 Å². The van der Waals surface area contributed by atoms with Crippen LogP contribution in [0.3, 0.4) is 0 Å². The molecule has 0 unspecified atom stereocenters. The van der Waals surface area contributed by atoms with Crippen molar-refractivity contribution >= 4 is 35.2 Å². The number of aliphatic imine (C=N–C) groups is 1. The summed E-state index contributed by atoms with van der Waals surface area (Å²) in [5.74, 6) is -0.681. The number of benzene rings is 1. The van der Waals surface area contributed by atoms with Crippen LogP contribution in [0.1, 0.15) is 20.8 Å². The first-order valence-electron chi connectivity index (χ1n) is 6.42. The van der Waals surface area contributed by atoms with Gasteiger partial charge >= 0.3 is 11.9 Å². The van der Waals surface area contributed by atoms with E-state index in [1.54, 1.807) is 30.3 Å². The fourth-order valence-electron chi connectivity index (χ4n) is 1.91. The van der Waals surface area contributed by atoms with E-state index in [1.165, 1.54) is 18.4 Å². The average Bonchev–Trinajstić information content (AvgIpc) is 3.18. The first kappa shape index (κ1) is 14.2. The van der Waals surface area contributed by atoms with E-state index in [2.05, 4.69) is 9.73 Å². The van der Waals surface area contributed by atoms with E-state index < -0.39 is 11.9 Å². The molecule has 22 heavy (non-hydrogen) atoms. The van der Waals surface area contributed by atoms with Gasteiger partial charge in [0.2, 0.25) is 5.90 Å². The van der Waals surface area contributed by atoms with Crippen LogP contribution in [-0.4, -0.2) is 24.9 Å². The number of rotatable bonds is 3. The second kappa shape index (κ2) is 5.95. The molecule has 2 aromatic rings. The lowest BCUT2D eigenvalue weighted by Gasteiger charge is -2.01. The number of esters is 2. The minimum Gasteiger partial charge on any atom is -0.465 e. The zero-order valence-electron chi connectivity index (χ0n) is 11.6. The molecule has 0 bridgehead atoms. The maximum Gasteiger partial charge on any atom is 0.363 e. The molecule has 1 aliphatic rings. The van der Waals surface area contributed by atoms with Crippen molar-refractivity contribution in [2.45, 2.75) is 0 Å². The van der Waals surface area contributed by atoms with Gasteiger partial charge in [-0.15, -0.1) is 11.3 Å². The van der Waals surface area contributed by atoms with Crippen LogP contribution in [-0.2, 0) is 14.3 Å². The number of cyclic esters (lactones) is 1. The van der Waals surface area contributed by atoms with Crippen LogP contribution in [0.15, 0.2) is 52.5 Å². The predicted octanol–water partition coefficient (Wildman–Crippen LogP) is 2.88. The monoisotopic (exact) mass is 313 g/mol. The highest BCUT2D eigenvalue weighted by atomic mass is 32.1. The third-order valence-electron chi connectivity index (χ3n) is 3.00. The normalized spacial score (nSPS) is 15.6. The third kappa shape index (κ3) is 2.82. The molecule has 0 atom stereocenters. The lowest BCUT2D eigenvalue weighted by Crippen LogP contribution is -2.06. The molecule has 0 amide bonds. The molecule has 5 nitrogen and oxygen atoms in total. The summed E-state index contributed by atoms with van der Waals surface area (Å²) < 4.78 is 9.80. The van der Waals surface area contributed by atoms with Gasteiger partial charge in [-0.05, 0) is 41.8 Å². The van der Waals surface area contributed by atoms with Crippen molar-refractivity contribution in [3.63, 3.8) is 0 Å². The maximum atomic E-state index is 11.8. The lowest BCUT2D eigenvalue weighted by atomic mass is 10.1. The smallest absolute Gasteiger partial charge is 0.363 e. The quantitative estimate of drug-likeness (QED) is 0.645. The first-order valence-corrected chi connectivity index (χ1v) is 7.30. The summed E-state index contributed by atoms with van der Waals surface area (Å²) in [6.07, 6.45) is 1.68. The van der Waals surface area contributed by atoms with Crippen LogP contribution in [0.2, 0.25) is 0 Å². The molecule has 0 spiro atoms. The predicted molar refractivity (Wildman–Crippen MR) is 82.7 cm³/mol. The molecule has 0 radical (unpaired) electrons. The van der Waals surface area contributed by atoms with Gasteiger partial charge in [0.15, 0.2) is 5.70 Å². The summed E-state index contributed by atoms with van der Waals surface area (Å²) in [5.41, 5.74) is 1.30. The molecular weight excluding hydrogens is 302 g/mol. The Morgan fingerprint density at radius 1 is 1.27 bits per heavy atom. The highest BCUT2D eigenvalue weighted by Gasteiger charge is 2.24. The topological polar surface area (TPSA) is 65.0 Å². The Kier molecular flexibility index (Phi) is 3.84. The number of thiophene rings is 1. The Morgan fingerprint density at radius 2 is 2.05 bits per heavy atom. The molecule has 2 heterocycles. The van der Waals surface area contributed by atoms with E-state index in [-0.39, 0.29) is 11.6 Å². The van der Waals surface area contributed by atoms with Crippen LogP contribution in [0.4, 0.5) is 0 Å². The van der Waals surface area contributed by atoms with E-state index >= 15 is 0 Å². The Bertz CT molecular complexity index is 773. The first-order chi connectivity index (χ1) is 10.7. The van der Waals surface area contributed by atoms with Crippen molar-refractivity contribution in [3.8, 4) is 0 Å². The van der Waals surface area contributed by atoms with Crippen molar-refractivity contribution in [2.24, 2.45) is 4.99 Å². The summed E-state index contributed by atoms with van der Waals surface area (Å²) in [6, 6.07) is 10.3. The Balaban J connectivity index is 1.86. The van der Waals surface area contributed by atoms with E-state index in [4.69, 9.17) is 4.74 Å². The summed E-state index contributed by atoms with van der Waals surface area (Å²) in [4.78, 5) is 28.3.